The van der Waals surface area contributed by atoms with E-state index in [1.807, 2.05) is 53.5 Å². The summed E-state index contributed by atoms with van der Waals surface area (Å²) < 4.78 is 11.2. The minimum atomic E-state index is 0.255. The normalized spacial score (nSPS) is 14.7. The molecule has 1 aliphatic rings. The predicted octanol–water partition coefficient (Wildman–Crippen LogP) is 9.35. The number of aliphatic imine (C=N–C) groups is 1. The fourth-order valence-electron chi connectivity index (χ4n) is 4.25. The molecule has 1 fully saturated rings. The number of methoxy groups -OCH3 is 2. The van der Waals surface area contributed by atoms with Crippen molar-refractivity contribution in [2.45, 2.75) is 52.9 Å². The number of hydrogen-bond acceptors (Lipinski definition) is 6. The Bertz CT molecular complexity index is 1050. The molecule has 0 bridgehead atoms. The summed E-state index contributed by atoms with van der Waals surface area (Å²) in [6, 6.07) is 27.1. The molecule has 0 amide bonds. The molecule has 0 atom stereocenters. The summed E-state index contributed by atoms with van der Waals surface area (Å²) in [6.07, 6.45) is 7.73. The van der Waals surface area contributed by atoms with Crippen LogP contribution in [0.2, 0.25) is 0 Å². The maximum Gasteiger partial charge on any atom is 0.119 e. The summed E-state index contributed by atoms with van der Waals surface area (Å²) in [5.41, 5.74) is 1.03. The van der Waals surface area contributed by atoms with Gasteiger partial charge in [-0.2, -0.15) is 0 Å². The first-order valence-corrected chi connectivity index (χ1v) is 15.3. The molecular weight excluding hydrogens is 503 g/mol. The highest BCUT2D eigenvalue weighted by molar-refractivity contribution is 8.17. The molecule has 1 saturated carbocycles. The third-order valence-electron chi connectivity index (χ3n) is 6.18. The molecule has 0 unspecified atom stereocenters. The van der Waals surface area contributed by atoms with E-state index >= 15 is 0 Å². The average molecular weight is 538 g/mol. The van der Waals surface area contributed by atoms with Gasteiger partial charge in [-0.05, 0) is 67.3 Å². The Morgan fingerprint density at radius 1 is 0.806 bits per heavy atom. The summed E-state index contributed by atoms with van der Waals surface area (Å²) in [5.74, 6) is 3.73. The van der Waals surface area contributed by atoms with Crippen molar-refractivity contribution in [3.8, 4) is 11.5 Å². The maximum atomic E-state index is 5.49. The zero-order valence-electron chi connectivity index (χ0n) is 21.1. The minimum absolute atomic E-state index is 0.255. The number of ether oxygens (including phenoxy) is 2. The van der Waals surface area contributed by atoms with Gasteiger partial charge in [0.25, 0.3) is 0 Å². The lowest BCUT2D eigenvalue weighted by molar-refractivity contribution is 0.391. The van der Waals surface area contributed by atoms with Crippen LogP contribution in [0.3, 0.4) is 0 Å². The van der Waals surface area contributed by atoms with Gasteiger partial charge in [0.15, 0.2) is 0 Å². The smallest absolute Gasteiger partial charge is 0.119 e. The highest BCUT2D eigenvalue weighted by atomic mass is 32.2. The van der Waals surface area contributed by atoms with Crippen molar-refractivity contribution in [3.63, 3.8) is 0 Å². The van der Waals surface area contributed by atoms with Gasteiger partial charge in [-0.1, -0.05) is 49.6 Å². The van der Waals surface area contributed by atoms with Gasteiger partial charge < -0.3 is 9.47 Å². The fourth-order valence-corrected chi connectivity index (χ4v) is 8.31. The van der Waals surface area contributed by atoms with Crippen molar-refractivity contribution < 1.29 is 9.47 Å². The molecule has 1 aliphatic carbocycles. The molecule has 3 nitrogen and oxygen atoms in total. The van der Waals surface area contributed by atoms with E-state index in [0.29, 0.717) is 0 Å². The van der Waals surface area contributed by atoms with Gasteiger partial charge in [0.05, 0.1) is 29.5 Å². The largest absolute Gasteiger partial charge is 0.497 e. The standard InChI is InChI=1S/C30H35NO2S3/c1-32-25-15-9-17-27(19-25)35-30(36-28-18-10-16-26(20-28)33-2)21-29(31-24-13-7-4-8-14-24)34-22-23-11-5-3-6-12-23/h4,7-10,13-20,23,30H,3,5-6,11-12,21-22H2,1-2H3. The molecule has 0 N–H and O–H groups in total. The summed E-state index contributed by atoms with van der Waals surface area (Å²) in [6.45, 7) is 0. The number of rotatable bonds is 11. The number of benzene rings is 3. The second-order valence-corrected chi connectivity index (χ2v) is 12.8. The molecule has 3 aromatic carbocycles. The molecule has 4 rings (SSSR count). The lowest BCUT2D eigenvalue weighted by atomic mass is 9.91. The molecule has 0 saturated heterocycles. The Morgan fingerprint density at radius 2 is 1.42 bits per heavy atom. The Morgan fingerprint density at radius 3 is 2.00 bits per heavy atom. The van der Waals surface area contributed by atoms with Crippen molar-refractivity contribution in [3.05, 3.63) is 78.9 Å². The van der Waals surface area contributed by atoms with Crippen molar-refractivity contribution in [2.75, 3.05) is 20.0 Å². The van der Waals surface area contributed by atoms with Crippen LogP contribution in [-0.4, -0.2) is 29.6 Å². The Balaban J connectivity index is 1.57. The molecule has 6 heteroatoms. The summed E-state index contributed by atoms with van der Waals surface area (Å²) >= 11 is 5.71. The first-order valence-electron chi connectivity index (χ1n) is 12.6. The molecule has 0 aliphatic heterocycles. The zero-order valence-corrected chi connectivity index (χ0v) is 23.5. The highest BCUT2D eigenvalue weighted by Crippen LogP contribution is 2.41. The van der Waals surface area contributed by atoms with Gasteiger partial charge in [0, 0.05) is 22.0 Å². The molecule has 0 radical (unpaired) electrons. The molecule has 36 heavy (non-hydrogen) atoms. The second-order valence-electron chi connectivity index (χ2n) is 8.88. The Hall–Kier alpha value is -2.02. The minimum Gasteiger partial charge on any atom is -0.497 e. The van der Waals surface area contributed by atoms with E-state index in [1.54, 1.807) is 14.2 Å². The predicted molar refractivity (Wildman–Crippen MR) is 159 cm³/mol. The van der Waals surface area contributed by atoms with Crippen LogP contribution in [0.15, 0.2) is 93.6 Å². The van der Waals surface area contributed by atoms with Gasteiger partial charge in [-0.3, -0.25) is 0 Å². The lowest BCUT2D eigenvalue weighted by Crippen LogP contribution is -2.12. The van der Waals surface area contributed by atoms with E-state index in [2.05, 4.69) is 60.7 Å². The van der Waals surface area contributed by atoms with Crippen LogP contribution in [-0.2, 0) is 0 Å². The molecule has 0 heterocycles. The van der Waals surface area contributed by atoms with Crippen molar-refractivity contribution in [1.82, 2.24) is 0 Å². The Labute approximate surface area is 228 Å². The lowest BCUT2D eigenvalue weighted by Gasteiger charge is -2.22. The van der Waals surface area contributed by atoms with Crippen LogP contribution >= 0.6 is 35.3 Å². The van der Waals surface area contributed by atoms with Gasteiger partial charge in [0.2, 0.25) is 0 Å². The van der Waals surface area contributed by atoms with Crippen molar-refractivity contribution in [2.24, 2.45) is 10.9 Å². The van der Waals surface area contributed by atoms with E-state index in [-0.39, 0.29) is 4.58 Å². The summed E-state index contributed by atoms with van der Waals surface area (Å²) in [4.78, 5) is 7.54. The van der Waals surface area contributed by atoms with E-state index in [4.69, 9.17) is 14.5 Å². The summed E-state index contributed by atoms with van der Waals surface area (Å²) in [7, 11) is 3.44. The third kappa shape index (κ3) is 8.82. The number of thioether (sulfide) groups is 3. The number of nitrogens with zero attached hydrogens (tertiary/aromatic N) is 1. The summed E-state index contributed by atoms with van der Waals surface area (Å²) in [5, 5.41) is 1.21. The molecule has 0 spiro atoms. The van der Waals surface area contributed by atoms with E-state index in [9.17, 15) is 0 Å². The zero-order chi connectivity index (χ0) is 25.0. The van der Waals surface area contributed by atoms with E-state index in [1.165, 1.54) is 46.9 Å². The van der Waals surface area contributed by atoms with Crippen LogP contribution < -0.4 is 9.47 Å². The quantitative estimate of drug-likeness (QED) is 0.105. The van der Waals surface area contributed by atoms with E-state index < -0.39 is 0 Å². The van der Waals surface area contributed by atoms with Gasteiger partial charge in [0.1, 0.15) is 11.5 Å². The number of hydrogen-bond donors (Lipinski definition) is 0. The second kappa shape index (κ2) is 14.7. The van der Waals surface area contributed by atoms with Gasteiger partial charge in [-0.25, -0.2) is 4.99 Å². The SMILES string of the molecule is COc1cccc(SC(CC(=Nc2ccccc2)SCC2CCCCC2)Sc2cccc(OC)c2)c1. The van der Waals surface area contributed by atoms with Gasteiger partial charge >= 0.3 is 0 Å². The van der Waals surface area contributed by atoms with Crippen LogP contribution in [0.5, 0.6) is 11.5 Å². The first-order chi connectivity index (χ1) is 17.7. The molecule has 190 valence electrons. The average Bonchev–Trinajstić information content (AvgIpc) is 2.93. The van der Waals surface area contributed by atoms with Crippen LogP contribution in [0, 0.1) is 5.92 Å². The highest BCUT2D eigenvalue weighted by Gasteiger charge is 2.20. The monoisotopic (exact) mass is 537 g/mol. The first kappa shape index (κ1) is 27.0. The van der Waals surface area contributed by atoms with Crippen molar-refractivity contribution >= 4 is 46.0 Å². The third-order valence-corrected chi connectivity index (χ3v) is 9.90. The topological polar surface area (TPSA) is 30.8 Å². The Kier molecular flexibility index (Phi) is 11.0. The van der Waals surface area contributed by atoms with Crippen molar-refractivity contribution in [1.29, 1.82) is 0 Å². The molecule has 3 aromatic rings. The molecule has 0 aromatic heterocycles. The van der Waals surface area contributed by atoms with Crippen LogP contribution in [0.4, 0.5) is 5.69 Å². The molecular formula is C30H35NO2S3. The number of para-hydroxylation sites is 1. The van der Waals surface area contributed by atoms with Crippen LogP contribution in [0.1, 0.15) is 38.5 Å². The van der Waals surface area contributed by atoms with Crippen LogP contribution in [0.25, 0.3) is 0 Å². The van der Waals surface area contributed by atoms with Gasteiger partial charge in [-0.15, -0.1) is 35.3 Å². The van der Waals surface area contributed by atoms with E-state index in [0.717, 1.165) is 35.3 Å². The fraction of sp³-hybridized carbons (Fsp3) is 0.367. The maximum absolute atomic E-state index is 5.49.